The summed E-state index contributed by atoms with van der Waals surface area (Å²) in [6.07, 6.45) is 5.42. The largest absolute Gasteiger partial charge is 0.334 e. The molecule has 4 rings (SSSR count). The van der Waals surface area contributed by atoms with E-state index in [0.29, 0.717) is 26.1 Å². The zero-order chi connectivity index (χ0) is 18.1. The molecule has 3 heterocycles. The molecule has 26 heavy (non-hydrogen) atoms. The summed E-state index contributed by atoms with van der Waals surface area (Å²) in [7, 11) is 1.96. The molecule has 1 aliphatic heterocycles. The molecule has 1 atom stereocenters. The first-order valence-corrected chi connectivity index (χ1v) is 8.82. The molecule has 6 heteroatoms. The van der Waals surface area contributed by atoms with Crippen LogP contribution in [-0.4, -0.2) is 51.0 Å². The number of Topliss-reactive ketones (excluding diaryl/α,β-unsaturated/α-hetero) is 1. The van der Waals surface area contributed by atoms with Gasteiger partial charge in [-0.3, -0.25) is 14.7 Å². The predicted molar refractivity (Wildman–Crippen MR) is 98.6 cm³/mol. The van der Waals surface area contributed by atoms with Crippen LogP contribution in [0.4, 0.5) is 4.39 Å². The number of carbonyl (C=O) groups is 1. The van der Waals surface area contributed by atoms with Gasteiger partial charge in [0.1, 0.15) is 6.17 Å². The van der Waals surface area contributed by atoms with Gasteiger partial charge < -0.3 is 4.57 Å². The predicted octanol–water partition coefficient (Wildman–Crippen LogP) is 2.79. The third-order valence-corrected chi connectivity index (χ3v) is 4.88. The van der Waals surface area contributed by atoms with E-state index in [1.54, 1.807) is 12.5 Å². The second kappa shape index (κ2) is 6.96. The van der Waals surface area contributed by atoms with Gasteiger partial charge in [0.05, 0.1) is 31.2 Å². The van der Waals surface area contributed by atoms with E-state index in [2.05, 4.69) is 16.0 Å². The Balaban J connectivity index is 1.52. The Morgan fingerprint density at radius 3 is 2.88 bits per heavy atom. The number of hydrogen-bond donors (Lipinski definition) is 0. The lowest BCUT2D eigenvalue weighted by Crippen LogP contribution is -2.29. The fourth-order valence-electron chi connectivity index (χ4n) is 3.51. The maximum atomic E-state index is 13.2. The number of halogens is 1. The van der Waals surface area contributed by atoms with E-state index in [1.165, 1.54) is 0 Å². The molecular formula is C20H21FN4O. The minimum atomic E-state index is -0.799. The molecule has 0 spiro atoms. The molecule has 0 unspecified atom stereocenters. The number of pyridine rings is 1. The van der Waals surface area contributed by atoms with Gasteiger partial charge in [-0.25, -0.2) is 9.37 Å². The highest BCUT2D eigenvalue weighted by Crippen LogP contribution is 2.24. The number of alkyl halides is 1. The van der Waals surface area contributed by atoms with Crippen molar-refractivity contribution in [3.05, 3.63) is 48.7 Å². The Hall–Kier alpha value is -2.60. The molecule has 2 aromatic heterocycles. The first kappa shape index (κ1) is 16.8. The van der Waals surface area contributed by atoms with Crippen LogP contribution in [0.5, 0.6) is 0 Å². The summed E-state index contributed by atoms with van der Waals surface area (Å²) in [5.74, 6) is 0.0775. The number of fused-ring (bicyclic) bond motifs is 1. The molecule has 0 amide bonds. The Morgan fingerprint density at radius 2 is 2.15 bits per heavy atom. The number of rotatable bonds is 5. The van der Waals surface area contributed by atoms with Crippen molar-refractivity contribution in [3.8, 4) is 11.3 Å². The quantitative estimate of drug-likeness (QED) is 0.709. The topological polar surface area (TPSA) is 51.0 Å². The third kappa shape index (κ3) is 3.51. The number of aromatic nitrogens is 3. The van der Waals surface area contributed by atoms with Gasteiger partial charge in [-0.15, -0.1) is 0 Å². The van der Waals surface area contributed by atoms with Crippen LogP contribution in [-0.2, 0) is 18.3 Å². The number of carbonyl (C=O) groups excluding carboxylic acids is 1. The lowest BCUT2D eigenvalue weighted by molar-refractivity contribution is -0.119. The summed E-state index contributed by atoms with van der Waals surface area (Å²) in [6.45, 7) is 1.33. The summed E-state index contributed by atoms with van der Waals surface area (Å²) < 4.78 is 15.2. The van der Waals surface area contributed by atoms with E-state index in [0.717, 1.165) is 27.7 Å². The van der Waals surface area contributed by atoms with Gasteiger partial charge in [-0.05, 0) is 23.9 Å². The molecule has 1 aliphatic rings. The van der Waals surface area contributed by atoms with Crippen molar-refractivity contribution in [2.45, 2.75) is 19.0 Å². The van der Waals surface area contributed by atoms with E-state index in [-0.39, 0.29) is 12.2 Å². The van der Waals surface area contributed by atoms with Crippen LogP contribution >= 0.6 is 0 Å². The zero-order valence-electron chi connectivity index (χ0n) is 14.7. The Labute approximate surface area is 151 Å². The Morgan fingerprint density at radius 1 is 1.27 bits per heavy atom. The van der Waals surface area contributed by atoms with Crippen LogP contribution in [0.2, 0.25) is 0 Å². The summed E-state index contributed by atoms with van der Waals surface area (Å²) >= 11 is 0. The highest BCUT2D eigenvalue weighted by molar-refractivity contribution is 5.88. The maximum absolute atomic E-state index is 13.2. The van der Waals surface area contributed by atoms with Gasteiger partial charge in [0.15, 0.2) is 5.78 Å². The SMILES string of the molecule is Cn1cncc1-c1ccc2cnc(CC(=O)CN3CC[C@H](F)C3)cc2c1. The molecule has 0 N–H and O–H groups in total. The minimum Gasteiger partial charge on any atom is -0.334 e. The molecule has 3 aromatic rings. The lowest BCUT2D eigenvalue weighted by atomic mass is 10.0. The van der Waals surface area contributed by atoms with Gasteiger partial charge in [-0.1, -0.05) is 12.1 Å². The van der Waals surface area contributed by atoms with Crippen LogP contribution in [0.25, 0.3) is 22.0 Å². The van der Waals surface area contributed by atoms with Gasteiger partial charge in [0.2, 0.25) is 0 Å². The van der Waals surface area contributed by atoms with Crippen molar-refractivity contribution >= 4 is 16.6 Å². The lowest BCUT2D eigenvalue weighted by Gasteiger charge is -2.13. The molecule has 0 radical (unpaired) electrons. The molecule has 0 saturated carbocycles. The van der Waals surface area contributed by atoms with E-state index in [1.807, 2.05) is 40.9 Å². The monoisotopic (exact) mass is 352 g/mol. The molecule has 0 aliphatic carbocycles. The number of hydrogen-bond acceptors (Lipinski definition) is 4. The van der Waals surface area contributed by atoms with E-state index >= 15 is 0 Å². The van der Waals surface area contributed by atoms with Crippen LogP contribution < -0.4 is 0 Å². The average Bonchev–Trinajstić information content (AvgIpc) is 3.22. The first-order chi connectivity index (χ1) is 12.6. The van der Waals surface area contributed by atoms with Gasteiger partial charge in [0, 0.05) is 43.0 Å². The van der Waals surface area contributed by atoms with Crippen molar-refractivity contribution in [1.29, 1.82) is 0 Å². The second-order valence-electron chi connectivity index (χ2n) is 6.96. The average molecular weight is 352 g/mol. The highest BCUT2D eigenvalue weighted by Gasteiger charge is 2.23. The number of aryl methyl sites for hydroxylation is 1. The highest BCUT2D eigenvalue weighted by atomic mass is 19.1. The summed E-state index contributed by atoms with van der Waals surface area (Å²) in [5.41, 5.74) is 2.86. The zero-order valence-corrected chi connectivity index (χ0v) is 14.7. The van der Waals surface area contributed by atoms with Crippen molar-refractivity contribution in [2.75, 3.05) is 19.6 Å². The van der Waals surface area contributed by atoms with Gasteiger partial charge in [-0.2, -0.15) is 0 Å². The van der Waals surface area contributed by atoms with E-state index in [4.69, 9.17) is 0 Å². The van der Waals surface area contributed by atoms with Crippen molar-refractivity contribution in [3.63, 3.8) is 0 Å². The van der Waals surface area contributed by atoms with Crippen LogP contribution in [0.3, 0.4) is 0 Å². The first-order valence-electron chi connectivity index (χ1n) is 8.82. The summed E-state index contributed by atoms with van der Waals surface area (Å²) in [4.78, 5) is 22.8. The molecule has 1 aromatic carbocycles. The fraction of sp³-hybridized carbons (Fsp3) is 0.350. The fourth-order valence-corrected chi connectivity index (χ4v) is 3.51. The van der Waals surface area contributed by atoms with Crippen molar-refractivity contribution < 1.29 is 9.18 Å². The third-order valence-electron chi connectivity index (χ3n) is 4.88. The standard InChI is InChI=1S/C20H21FN4O/c1-24-13-22-10-20(24)14-2-3-15-9-23-18(7-16(15)6-14)8-19(26)12-25-5-4-17(21)11-25/h2-3,6-7,9-10,13,17H,4-5,8,11-12H2,1H3/t17-/m0/s1. The summed E-state index contributed by atoms with van der Waals surface area (Å²) in [6, 6.07) is 8.14. The molecule has 1 fully saturated rings. The number of likely N-dealkylation sites (tertiary alicyclic amines) is 1. The minimum absolute atomic E-state index is 0.0775. The molecule has 0 bridgehead atoms. The number of ketones is 1. The van der Waals surface area contributed by atoms with E-state index < -0.39 is 6.17 Å². The number of imidazole rings is 1. The Bertz CT molecular complexity index is 952. The van der Waals surface area contributed by atoms with Crippen molar-refractivity contribution in [1.82, 2.24) is 19.4 Å². The molecule has 5 nitrogen and oxygen atoms in total. The maximum Gasteiger partial charge on any atom is 0.152 e. The van der Waals surface area contributed by atoms with Gasteiger partial charge >= 0.3 is 0 Å². The second-order valence-corrected chi connectivity index (χ2v) is 6.96. The molecule has 1 saturated heterocycles. The molecular weight excluding hydrogens is 331 g/mol. The van der Waals surface area contributed by atoms with Crippen LogP contribution in [0, 0.1) is 0 Å². The van der Waals surface area contributed by atoms with Crippen molar-refractivity contribution in [2.24, 2.45) is 7.05 Å². The normalized spacial score (nSPS) is 17.8. The number of benzene rings is 1. The van der Waals surface area contributed by atoms with E-state index in [9.17, 15) is 9.18 Å². The van der Waals surface area contributed by atoms with Gasteiger partial charge in [0.25, 0.3) is 0 Å². The summed E-state index contributed by atoms with van der Waals surface area (Å²) in [5, 5.41) is 2.08. The van der Waals surface area contributed by atoms with Crippen LogP contribution in [0.15, 0.2) is 43.0 Å². The van der Waals surface area contributed by atoms with Crippen LogP contribution in [0.1, 0.15) is 12.1 Å². The number of nitrogens with zero attached hydrogens (tertiary/aromatic N) is 4. The smallest absolute Gasteiger partial charge is 0.152 e. The molecule has 134 valence electrons. The Kier molecular flexibility index (Phi) is 4.51.